The van der Waals surface area contributed by atoms with E-state index in [1.807, 2.05) is 0 Å². The molecule has 6 heteroatoms. The van der Waals surface area contributed by atoms with Crippen LogP contribution < -0.4 is 5.32 Å². The first-order valence-electron chi connectivity index (χ1n) is 6.44. The minimum atomic E-state index is -0.0990. The molecule has 2 aromatic rings. The number of hydrogen-bond donors (Lipinski definition) is 1. The lowest BCUT2D eigenvalue weighted by atomic mass is 10.2. The fourth-order valence-electron chi connectivity index (χ4n) is 1.74. The van der Waals surface area contributed by atoms with Gasteiger partial charge in [0.05, 0.1) is 17.6 Å². The molecule has 5 nitrogen and oxygen atoms in total. The van der Waals surface area contributed by atoms with Crippen molar-refractivity contribution < 1.29 is 9.53 Å². The Morgan fingerprint density at radius 1 is 1.20 bits per heavy atom. The van der Waals surface area contributed by atoms with Crippen LogP contribution in [0.1, 0.15) is 16.8 Å². The van der Waals surface area contributed by atoms with Gasteiger partial charge in [0.2, 0.25) is 0 Å². The molecule has 0 aliphatic heterocycles. The Labute approximate surface area is 125 Å². The Bertz CT molecular complexity index is 577. The first-order chi connectivity index (χ1) is 9.81. The van der Waals surface area contributed by atoms with Crippen molar-refractivity contribution in [2.45, 2.75) is 6.42 Å². The highest BCUT2D eigenvalue weighted by Crippen LogP contribution is 2.10. The predicted molar refractivity (Wildman–Crippen MR) is 81.1 cm³/mol. The summed E-state index contributed by atoms with van der Waals surface area (Å²) in [6.45, 7) is 1.94. The molecule has 0 spiro atoms. The Morgan fingerprint density at radius 2 is 2.00 bits per heavy atom. The minimum absolute atomic E-state index is 0.0990. The summed E-state index contributed by atoms with van der Waals surface area (Å²) in [6.07, 6.45) is 4.05. The molecule has 2 rings (SSSR count). The van der Waals surface area contributed by atoms with Crippen LogP contribution >= 0.6 is 15.9 Å². The molecule has 0 saturated heterocycles. The third-order valence-electron chi connectivity index (χ3n) is 2.70. The maximum absolute atomic E-state index is 12.0. The number of rotatable bonds is 7. The molecule has 0 saturated carbocycles. The molecule has 1 amide bonds. The van der Waals surface area contributed by atoms with E-state index in [-0.39, 0.29) is 5.91 Å². The van der Waals surface area contributed by atoms with Crippen LogP contribution in [0.3, 0.4) is 0 Å². The Kier molecular flexibility index (Phi) is 5.88. The van der Waals surface area contributed by atoms with Crippen LogP contribution in [0.15, 0.2) is 30.6 Å². The normalized spacial score (nSPS) is 10.7. The summed E-state index contributed by atoms with van der Waals surface area (Å²) in [5.41, 5.74) is 2.10. The van der Waals surface area contributed by atoms with Crippen LogP contribution in [0.4, 0.5) is 0 Å². The molecule has 0 unspecified atom stereocenters. The Hall–Kier alpha value is -1.53. The summed E-state index contributed by atoms with van der Waals surface area (Å²) in [5.74, 6) is -0.0990. The summed E-state index contributed by atoms with van der Waals surface area (Å²) in [5, 5.41) is 3.69. The van der Waals surface area contributed by atoms with Gasteiger partial charge >= 0.3 is 0 Å². The number of carbonyl (C=O) groups excluding carboxylic acids is 1. The first-order valence-corrected chi connectivity index (χ1v) is 7.56. The third-order valence-corrected chi connectivity index (χ3v) is 3.03. The average molecular weight is 338 g/mol. The Morgan fingerprint density at radius 3 is 2.80 bits per heavy atom. The molecule has 0 aliphatic carbocycles. The van der Waals surface area contributed by atoms with Gasteiger partial charge in [-0.05, 0) is 24.6 Å². The predicted octanol–water partition coefficient (Wildman–Crippen LogP) is 2.16. The van der Waals surface area contributed by atoms with Gasteiger partial charge in [-0.15, -0.1) is 0 Å². The zero-order chi connectivity index (χ0) is 14.2. The largest absolute Gasteiger partial charge is 0.381 e. The second-order valence-corrected chi connectivity index (χ2v) is 4.96. The van der Waals surface area contributed by atoms with E-state index in [4.69, 9.17) is 4.74 Å². The lowest BCUT2D eigenvalue weighted by molar-refractivity contribution is 0.0945. The number of aromatic nitrogens is 2. The summed E-state index contributed by atoms with van der Waals surface area (Å²) >= 11 is 3.29. The molecule has 0 aliphatic rings. The number of nitrogens with zero attached hydrogens (tertiary/aromatic N) is 2. The lowest BCUT2D eigenvalue weighted by Gasteiger charge is -2.06. The highest BCUT2D eigenvalue weighted by atomic mass is 79.9. The van der Waals surface area contributed by atoms with Gasteiger partial charge in [0.1, 0.15) is 0 Å². The van der Waals surface area contributed by atoms with Gasteiger partial charge in [-0.2, -0.15) is 0 Å². The Balaban J connectivity index is 1.84. The van der Waals surface area contributed by atoms with Crippen LogP contribution in [0.2, 0.25) is 0 Å². The lowest BCUT2D eigenvalue weighted by Crippen LogP contribution is -2.25. The molecular formula is C14H16BrN3O2. The number of hydrogen-bond acceptors (Lipinski definition) is 4. The SMILES string of the molecule is O=C(NCCCOCCBr)c1ccc2nccnc2c1. The van der Waals surface area contributed by atoms with E-state index in [0.29, 0.717) is 25.3 Å². The van der Waals surface area contributed by atoms with Crippen molar-refractivity contribution in [2.75, 3.05) is 25.1 Å². The van der Waals surface area contributed by atoms with E-state index in [1.165, 1.54) is 0 Å². The van der Waals surface area contributed by atoms with Gasteiger partial charge in [-0.25, -0.2) is 0 Å². The van der Waals surface area contributed by atoms with Gasteiger partial charge < -0.3 is 10.1 Å². The molecule has 106 valence electrons. The zero-order valence-corrected chi connectivity index (χ0v) is 12.6. The first kappa shape index (κ1) is 14.9. The number of nitrogens with one attached hydrogen (secondary N) is 1. The van der Waals surface area contributed by atoms with Crippen molar-refractivity contribution in [3.8, 4) is 0 Å². The maximum Gasteiger partial charge on any atom is 0.251 e. The van der Waals surface area contributed by atoms with E-state index in [0.717, 1.165) is 22.8 Å². The van der Waals surface area contributed by atoms with E-state index < -0.39 is 0 Å². The summed E-state index contributed by atoms with van der Waals surface area (Å²) in [4.78, 5) is 20.3. The van der Waals surface area contributed by atoms with Gasteiger partial charge in [0, 0.05) is 36.4 Å². The van der Waals surface area contributed by atoms with Crippen LogP contribution in [0.5, 0.6) is 0 Å². The molecule has 20 heavy (non-hydrogen) atoms. The second kappa shape index (κ2) is 7.91. The fourth-order valence-corrected chi connectivity index (χ4v) is 1.97. The fraction of sp³-hybridized carbons (Fsp3) is 0.357. The molecule has 1 heterocycles. The summed E-state index contributed by atoms with van der Waals surface area (Å²) in [7, 11) is 0. The highest BCUT2D eigenvalue weighted by molar-refractivity contribution is 9.09. The molecule has 1 aromatic carbocycles. The number of amides is 1. The quantitative estimate of drug-likeness (QED) is 0.621. The van der Waals surface area contributed by atoms with Crippen molar-refractivity contribution >= 4 is 32.9 Å². The smallest absolute Gasteiger partial charge is 0.251 e. The monoisotopic (exact) mass is 337 g/mol. The number of alkyl halides is 1. The number of ether oxygens (including phenoxy) is 1. The van der Waals surface area contributed by atoms with Gasteiger partial charge in [0.15, 0.2) is 0 Å². The minimum Gasteiger partial charge on any atom is -0.381 e. The maximum atomic E-state index is 12.0. The zero-order valence-electron chi connectivity index (χ0n) is 11.0. The molecule has 1 aromatic heterocycles. The standard InChI is InChI=1S/C14H16BrN3O2/c15-4-9-20-8-1-5-18-14(19)11-2-3-12-13(10-11)17-7-6-16-12/h2-3,6-7,10H,1,4-5,8-9H2,(H,18,19). The van der Waals surface area contributed by atoms with Crippen LogP contribution in [-0.4, -0.2) is 41.0 Å². The van der Waals surface area contributed by atoms with Crippen LogP contribution in [0, 0.1) is 0 Å². The topological polar surface area (TPSA) is 64.1 Å². The van der Waals surface area contributed by atoms with Crippen molar-refractivity contribution in [2.24, 2.45) is 0 Å². The van der Waals surface area contributed by atoms with Crippen molar-refractivity contribution in [3.63, 3.8) is 0 Å². The van der Waals surface area contributed by atoms with Crippen molar-refractivity contribution in [1.82, 2.24) is 15.3 Å². The van der Waals surface area contributed by atoms with Crippen molar-refractivity contribution in [1.29, 1.82) is 0 Å². The molecule has 0 fully saturated rings. The molecule has 0 radical (unpaired) electrons. The second-order valence-electron chi connectivity index (χ2n) is 4.17. The number of halogens is 1. The van der Waals surface area contributed by atoms with E-state index in [2.05, 4.69) is 31.2 Å². The van der Waals surface area contributed by atoms with Gasteiger partial charge in [-0.1, -0.05) is 15.9 Å². The number of carbonyl (C=O) groups is 1. The number of benzene rings is 1. The molecule has 0 bridgehead atoms. The average Bonchev–Trinajstić information content (AvgIpc) is 2.50. The molecular weight excluding hydrogens is 322 g/mol. The van der Waals surface area contributed by atoms with E-state index in [1.54, 1.807) is 30.6 Å². The molecule has 1 N–H and O–H groups in total. The molecule has 0 atom stereocenters. The van der Waals surface area contributed by atoms with E-state index in [9.17, 15) is 4.79 Å². The van der Waals surface area contributed by atoms with Crippen LogP contribution in [-0.2, 0) is 4.74 Å². The van der Waals surface area contributed by atoms with Crippen LogP contribution in [0.25, 0.3) is 11.0 Å². The van der Waals surface area contributed by atoms with Crippen molar-refractivity contribution in [3.05, 3.63) is 36.2 Å². The summed E-state index contributed by atoms with van der Waals surface area (Å²) in [6, 6.07) is 5.31. The van der Waals surface area contributed by atoms with Gasteiger partial charge in [0.25, 0.3) is 5.91 Å². The summed E-state index contributed by atoms with van der Waals surface area (Å²) < 4.78 is 5.31. The van der Waals surface area contributed by atoms with E-state index >= 15 is 0 Å². The number of fused-ring (bicyclic) bond motifs is 1. The third kappa shape index (κ3) is 4.25. The highest BCUT2D eigenvalue weighted by Gasteiger charge is 2.06. The van der Waals surface area contributed by atoms with Gasteiger partial charge in [-0.3, -0.25) is 14.8 Å².